The molecule has 0 aromatic heterocycles. The zero-order valence-corrected chi connectivity index (χ0v) is 12.9. The van der Waals surface area contributed by atoms with E-state index in [1.165, 1.54) is 51.7 Å². The minimum Gasteiger partial charge on any atom is -0.314 e. The molecule has 0 radical (unpaired) electrons. The van der Waals surface area contributed by atoms with Crippen molar-refractivity contribution < 1.29 is 0 Å². The molecule has 0 bridgehead atoms. The Bertz CT molecular complexity index is 204. The fourth-order valence-electron chi connectivity index (χ4n) is 3.16. The van der Waals surface area contributed by atoms with Crippen molar-refractivity contribution in [3.05, 3.63) is 0 Å². The topological polar surface area (TPSA) is 18.5 Å². The third-order valence-electron chi connectivity index (χ3n) is 4.11. The smallest absolute Gasteiger partial charge is 0.0110 e. The monoisotopic (exact) mass is 255 g/mol. The summed E-state index contributed by atoms with van der Waals surface area (Å²) in [6.45, 7) is 9.32. The zero-order chi connectivity index (χ0) is 13.4. The van der Waals surface area contributed by atoms with E-state index < -0.39 is 0 Å². The molecule has 3 nitrogen and oxygen atoms in total. The van der Waals surface area contributed by atoms with Crippen LogP contribution in [0.15, 0.2) is 0 Å². The Balaban J connectivity index is 2.33. The van der Waals surface area contributed by atoms with Crippen molar-refractivity contribution in [1.29, 1.82) is 0 Å². The minimum absolute atomic E-state index is 0.761. The molecule has 2 unspecified atom stereocenters. The fraction of sp³-hybridized carbons (Fsp3) is 1.00. The van der Waals surface area contributed by atoms with Gasteiger partial charge in [0.2, 0.25) is 0 Å². The maximum Gasteiger partial charge on any atom is 0.0110 e. The SMILES string of the molecule is CCNC1CCCC(N(CC)CCCN(C)C)C1. The molecular formula is C15H33N3. The van der Waals surface area contributed by atoms with Crippen molar-refractivity contribution >= 4 is 0 Å². The van der Waals surface area contributed by atoms with Crippen molar-refractivity contribution in [1.82, 2.24) is 15.1 Å². The molecule has 3 heteroatoms. The van der Waals surface area contributed by atoms with Gasteiger partial charge < -0.3 is 15.1 Å². The largest absolute Gasteiger partial charge is 0.314 e. The van der Waals surface area contributed by atoms with E-state index in [0.29, 0.717) is 0 Å². The lowest BCUT2D eigenvalue weighted by molar-refractivity contribution is 0.141. The Hall–Kier alpha value is -0.120. The molecule has 1 N–H and O–H groups in total. The van der Waals surface area contributed by atoms with Crippen molar-refractivity contribution in [2.45, 2.75) is 58.0 Å². The predicted octanol–water partition coefficient (Wildman–Crippen LogP) is 2.18. The lowest BCUT2D eigenvalue weighted by Crippen LogP contribution is -2.45. The van der Waals surface area contributed by atoms with Gasteiger partial charge in [-0.1, -0.05) is 20.3 Å². The Morgan fingerprint density at radius 3 is 2.50 bits per heavy atom. The Labute approximate surface area is 114 Å². The van der Waals surface area contributed by atoms with Crippen molar-refractivity contribution in [2.75, 3.05) is 40.3 Å². The van der Waals surface area contributed by atoms with Crippen LogP contribution in [0.1, 0.15) is 46.0 Å². The molecule has 0 saturated heterocycles. The Kier molecular flexibility index (Phi) is 7.87. The number of nitrogens with zero attached hydrogens (tertiary/aromatic N) is 2. The van der Waals surface area contributed by atoms with E-state index >= 15 is 0 Å². The van der Waals surface area contributed by atoms with E-state index in [2.05, 4.69) is 43.1 Å². The van der Waals surface area contributed by atoms with Crippen molar-refractivity contribution in [3.8, 4) is 0 Å². The van der Waals surface area contributed by atoms with Gasteiger partial charge in [0, 0.05) is 12.1 Å². The van der Waals surface area contributed by atoms with Gasteiger partial charge in [0.15, 0.2) is 0 Å². The second kappa shape index (κ2) is 8.89. The molecule has 1 aliphatic rings. The van der Waals surface area contributed by atoms with E-state index in [1.54, 1.807) is 0 Å². The highest BCUT2D eigenvalue weighted by Gasteiger charge is 2.25. The number of hydrogen-bond acceptors (Lipinski definition) is 3. The van der Waals surface area contributed by atoms with Crippen LogP contribution in [0.3, 0.4) is 0 Å². The first-order chi connectivity index (χ1) is 8.67. The molecule has 1 aliphatic carbocycles. The standard InChI is InChI=1S/C15H33N3/c1-5-16-14-9-7-10-15(13-14)18(6-2)12-8-11-17(3)4/h14-16H,5-13H2,1-4H3. The van der Waals surface area contributed by atoms with E-state index in [0.717, 1.165) is 18.6 Å². The summed E-state index contributed by atoms with van der Waals surface area (Å²) >= 11 is 0. The van der Waals surface area contributed by atoms with Crippen LogP contribution < -0.4 is 5.32 Å². The summed E-state index contributed by atoms with van der Waals surface area (Å²) in [6.07, 6.45) is 6.82. The molecule has 1 fully saturated rings. The third kappa shape index (κ3) is 5.68. The second-order valence-corrected chi connectivity index (χ2v) is 5.86. The maximum absolute atomic E-state index is 3.63. The van der Waals surface area contributed by atoms with E-state index in [1.807, 2.05) is 0 Å². The first-order valence-corrected chi connectivity index (χ1v) is 7.79. The van der Waals surface area contributed by atoms with Gasteiger partial charge in [-0.05, 0) is 66.0 Å². The molecule has 1 rings (SSSR count). The zero-order valence-electron chi connectivity index (χ0n) is 12.9. The molecule has 0 aliphatic heterocycles. The Morgan fingerprint density at radius 1 is 1.11 bits per heavy atom. The van der Waals surface area contributed by atoms with Gasteiger partial charge in [-0.25, -0.2) is 0 Å². The fourth-order valence-corrected chi connectivity index (χ4v) is 3.16. The molecule has 1 saturated carbocycles. The summed E-state index contributed by atoms with van der Waals surface area (Å²) in [4.78, 5) is 4.99. The summed E-state index contributed by atoms with van der Waals surface area (Å²) in [6, 6.07) is 1.58. The van der Waals surface area contributed by atoms with E-state index in [9.17, 15) is 0 Å². The lowest BCUT2D eigenvalue weighted by Gasteiger charge is -2.37. The molecular weight excluding hydrogens is 222 g/mol. The summed E-state index contributed by atoms with van der Waals surface area (Å²) < 4.78 is 0. The van der Waals surface area contributed by atoms with Gasteiger partial charge in [0.25, 0.3) is 0 Å². The molecule has 18 heavy (non-hydrogen) atoms. The van der Waals surface area contributed by atoms with Crippen LogP contribution in [0.5, 0.6) is 0 Å². The summed E-state index contributed by atoms with van der Waals surface area (Å²) in [5.41, 5.74) is 0. The van der Waals surface area contributed by atoms with E-state index in [4.69, 9.17) is 0 Å². The quantitative estimate of drug-likeness (QED) is 0.717. The first-order valence-electron chi connectivity index (χ1n) is 7.79. The van der Waals surface area contributed by atoms with Crippen LogP contribution in [0.4, 0.5) is 0 Å². The van der Waals surface area contributed by atoms with Crippen molar-refractivity contribution in [2.24, 2.45) is 0 Å². The molecule has 0 spiro atoms. The van der Waals surface area contributed by atoms with Gasteiger partial charge in [0.1, 0.15) is 0 Å². The van der Waals surface area contributed by atoms with Crippen LogP contribution in [0.25, 0.3) is 0 Å². The summed E-state index contributed by atoms with van der Waals surface area (Å²) in [5.74, 6) is 0. The van der Waals surface area contributed by atoms with E-state index in [-0.39, 0.29) is 0 Å². The highest BCUT2D eigenvalue weighted by molar-refractivity contribution is 4.83. The first kappa shape index (κ1) is 15.9. The molecule has 0 aromatic carbocycles. The number of nitrogens with one attached hydrogen (secondary N) is 1. The number of hydrogen-bond donors (Lipinski definition) is 1. The summed E-state index contributed by atoms with van der Waals surface area (Å²) in [7, 11) is 4.33. The van der Waals surface area contributed by atoms with Gasteiger partial charge in [-0.2, -0.15) is 0 Å². The normalized spacial score (nSPS) is 25.0. The number of rotatable bonds is 8. The minimum atomic E-state index is 0.761. The van der Waals surface area contributed by atoms with Crippen LogP contribution >= 0.6 is 0 Å². The van der Waals surface area contributed by atoms with Gasteiger partial charge in [-0.3, -0.25) is 0 Å². The van der Waals surface area contributed by atoms with Crippen molar-refractivity contribution in [3.63, 3.8) is 0 Å². The van der Waals surface area contributed by atoms with Crippen LogP contribution in [-0.2, 0) is 0 Å². The third-order valence-corrected chi connectivity index (χ3v) is 4.11. The van der Waals surface area contributed by atoms with Gasteiger partial charge >= 0.3 is 0 Å². The average molecular weight is 255 g/mol. The van der Waals surface area contributed by atoms with Crippen LogP contribution in [0, 0.1) is 0 Å². The molecule has 0 aromatic rings. The molecule has 0 amide bonds. The molecule has 2 atom stereocenters. The van der Waals surface area contributed by atoms with Crippen LogP contribution in [0.2, 0.25) is 0 Å². The average Bonchev–Trinajstić information content (AvgIpc) is 2.35. The Morgan fingerprint density at radius 2 is 1.89 bits per heavy atom. The molecule has 108 valence electrons. The highest BCUT2D eigenvalue weighted by atomic mass is 15.2. The highest BCUT2D eigenvalue weighted by Crippen LogP contribution is 2.23. The maximum atomic E-state index is 3.63. The second-order valence-electron chi connectivity index (χ2n) is 5.86. The summed E-state index contributed by atoms with van der Waals surface area (Å²) in [5, 5.41) is 3.63. The molecule has 0 heterocycles. The van der Waals surface area contributed by atoms with Crippen LogP contribution in [-0.4, -0.2) is 62.2 Å². The van der Waals surface area contributed by atoms with Gasteiger partial charge in [0.05, 0.1) is 0 Å². The van der Waals surface area contributed by atoms with Gasteiger partial charge in [-0.15, -0.1) is 0 Å². The predicted molar refractivity (Wildman–Crippen MR) is 80.1 cm³/mol. The lowest BCUT2D eigenvalue weighted by atomic mass is 9.89.